The van der Waals surface area contributed by atoms with Crippen LogP contribution in [0.15, 0.2) is 47.4 Å². The molecule has 0 saturated heterocycles. The van der Waals surface area contributed by atoms with E-state index in [0.717, 1.165) is 11.3 Å². The van der Waals surface area contributed by atoms with Crippen LogP contribution in [0.3, 0.4) is 0 Å². The molecule has 0 aliphatic rings. The zero-order valence-electron chi connectivity index (χ0n) is 12.3. The normalized spacial score (nSPS) is 11.4. The van der Waals surface area contributed by atoms with Crippen molar-refractivity contribution < 1.29 is 8.42 Å². The number of hydrogen-bond donors (Lipinski definition) is 1. The lowest BCUT2D eigenvalue weighted by molar-refractivity contribution is 0.594. The van der Waals surface area contributed by atoms with E-state index < -0.39 is 10.0 Å². The highest BCUT2D eigenvalue weighted by molar-refractivity contribution is 7.97. The summed E-state index contributed by atoms with van der Waals surface area (Å²) >= 11 is 7.50. The highest BCUT2D eigenvalue weighted by Crippen LogP contribution is 2.29. The average Bonchev–Trinajstić information content (AvgIpc) is 2.50. The summed E-state index contributed by atoms with van der Waals surface area (Å²) in [4.78, 5) is 0.121. The SMILES string of the molecule is CSCc1ccccc1N(C)S(=O)(=O)c1ccc(Cl)c(N)c1. The Bertz CT molecular complexity index is 779. The highest BCUT2D eigenvalue weighted by Gasteiger charge is 2.23. The molecular formula is C15H17ClN2O2S2. The first-order valence-corrected chi connectivity index (χ1v) is 9.70. The van der Waals surface area contributed by atoms with E-state index in [9.17, 15) is 8.42 Å². The van der Waals surface area contributed by atoms with E-state index >= 15 is 0 Å². The van der Waals surface area contributed by atoms with E-state index in [1.54, 1.807) is 24.9 Å². The first-order chi connectivity index (χ1) is 10.4. The van der Waals surface area contributed by atoms with E-state index in [-0.39, 0.29) is 10.6 Å². The fourth-order valence-electron chi connectivity index (χ4n) is 2.07. The van der Waals surface area contributed by atoms with Crippen LogP contribution in [0.4, 0.5) is 11.4 Å². The van der Waals surface area contributed by atoms with Gasteiger partial charge in [0.25, 0.3) is 10.0 Å². The summed E-state index contributed by atoms with van der Waals surface area (Å²) in [6.45, 7) is 0. The maximum Gasteiger partial charge on any atom is 0.264 e. The molecule has 2 aromatic rings. The summed E-state index contributed by atoms with van der Waals surface area (Å²) in [7, 11) is -2.15. The van der Waals surface area contributed by atoms with E-state index in [1.165, 1.54) is 22.5 Å². The van der Waals surface area contributed by atoms with Crippen molar-refractivity contribution >= 4 is 44.8 Å². The number of anilines is 2. The molecule has 0 bridgehead atoms. The lowest BCUT2D eigenvalue weighted by Crippen LogP contribution is -2.27. The fourth-order valence-corrected chi connectivity index (χ4v) is 4.01. The monoisotopic (exact) mass is 356 g/mol. The first-order valence-electron chi connectivity index (χ1n) is 6.48. The first kappa shape index (κ1) is 17.0. The molecular weight excluding hydrogens is 340 g/mol. The zero-order chi connectivity index (χ0) is 16.3. The molecule has 0 aliphatic carbocycles. The fraction of sp³-hybridized carbons (Fsp3) is 0.200. The molecule has 0 amide bonds. The zero-order valence-corrected chi connectivity index (χ0v) is 14.7. The summed E-state index contributed by atoms with van der Waals surface area (Å²) in [6.07, 6.45) is 1.98. The smallest absolute Gasteiger partial charge is 0.264 e. The molecule has 2 rings (SSSR count). The number of sulfonamides is 1. The van der Waals surface area contributed by atoms with E-state index in [0.29, 0.717) is 10.7 Å². The second kappa shape index (κ2) is 6.81. The van der Waals surface area contributed by atoms with Gasteiger partial charge in [0.05, 0.1) is 21.3 Å². The van der Waals surface area contributed by atoms with Gasteiger partial charge in [-0.25, -0.2) is 8.42 Å². The Hall–Kier alpha value is -1.37. The maximum atomic E-state index is 12.8. The van der Waals surface area contributed by atoms with Gasteiger partial charge in [0.1, 0.15) is 0 Å². The third kappa shape index (κ3) is 3.34. The third-order valence-electron chi connectivity index (χ3n) is 3.26. The molecule has 7 heteroatoms. The summed E-state index contributed by atoms with van der Waals surface area (Å²) in [6, 6.07) is 11.8. The Morgan fingerprint density at radius 2 is 1.91 bits per heavy atom. The Labute approximate surface area is 140 Å². The van der Waals surface area contributed by atoms with Crippen LogP contribution in [-0.2, 0) is 15.8 Å². The molecule has 22 heavy (non-hydrogen) atoms. The summed E-state index contributed by atoms with van der Waals surface area (Å²) in [5.74, 6) is 0.735. The average molecular weight is 357 g/mol. The van der Waals surface area contributed by atoms with Crippen LogP contribution >= 0.6 is 23.4 Å². The predicted molar refractivity (Wildman–Crippen MR) is 95.1 cm³/mol. The van der Waals surface area contributed by atoms with Gasteiger partial charge in [-0.2, -0.15) is 11.8 Å². The van der Waals surface area contributed by atoms with Gasteiger partial charge >= 0.3 is 0 Å². The summed E-state index contributed by atoms with van der Waals surface area (Å²) < 4.78 is 26.8. The number of rotatable bonds is 5. The summed E-state index contributed by atoms with van der Waals surface area (Å²) in [5, 5.41) is 0.337. The second-order valence-electron chi connectivity index (χ2n) is 4.72. The van der Waals surface area contributed by atoms with Gasteiger partial charge in [-0.1, -0.05) is 29.8 Å². The van der Waals surface area contributed by atoms with Gasteiger partial charge in [0, 0.05) is 12.8 Å². The van der Waals surface area contributed by atoms with Crippen molar-refractivity contribution in [1.82, 2.24) is 0 Å². The van der Waals surface area contributed by atoms with Crippen LogP contribution in [0.1, 0.15) is 5.56 Å². The van der Waals surface area contributed by atoms with Crippen LogP contribution in [-0.4, -0.2) is 21.7 Å². The van der Waals surface area contributed by atoms with E-state index in [1.807, 2.05) is 24.5 Å². The van der Waals surface area contributed by atoms with Crippen molar-refractivity contribution in [3.8, 4) is 0 Å². The number of nitrogens with zero attached hydrogens (tertiary/aromatic N) is 1. The van der Waals surface area contributed by atoms with Gasteiger partial charge in [0.15, 0.2) is 0 Å². The largest absolute Gasteiger partial charge is 0.397 e. The van der Waals surface area contributed by atoms with Crippen LogP contribution < -0.4 is 10.0 Å². The van der Waals surface area contributed by atoms with Crippen LogP contribution in [0, 0.1) is 0 Å². The minimum Gasteiger partial charge on any atom is -0.397 e. The second-order valence-corrected chi connectivity index (χ2v) is 7.96. The van der Waals surface area contributed by atoms with Crippen molar-refractivity contribution in [2.75, 3.05) is 23.3 Å². The van der Waals surface area contributed by atoms with Crippen LogP contribution in [0.2, 0.25) is 5.02 Å². The standard InChI is InChI=1S/C15H17ClN2O2S2/c1-18(15-6-4-3-5-11(15)10-21-2)22(19,20)12-7-8-13(16)14(17)9-12/h3-9H,10,17H2,1-2H3. The molecule has 0 aromatic heterocycles. The number of nitrogens with two attached hydrogens (primary N) is 1. The molecule has 4 nitrogen and oxygen atoms in total. The van der Waals surface area contributed by atoms with Crippen LogP contribution in [0.25, 0.3) is 0 Å². The van der Waals surface area contributed by atoms with Gasteiger partial charge in [-0.3, -0.25) is 4.31 Å². The van der Waals surface area contributed by atoms with Gasteiger partial charge in [-0.15, -0.1) is 0 Å². The molecule has 0 radical (unpaired) electrons. The van der Waals surface area contributed by atoms with Crippen LogP contribution in [0.5, 0.6) is 0 Å². The molecule has 2 aromatic carbocycles. The van der Waals surface area contributed by atoms with E-state index in [4.69, 9.17) is 17.3 Å². The van der Waals surface area contributed by atoms with Crippen molar-refractivity contribution in [2.24, 2.45) is 0 Å². The molecule has 2 N–H and O–H groups in total. The Morgan fingerprint density at radius 1 is 1.23 bits per heavy atom. The number of halogens is 1. The topological polar surface area (TPSA) is 63.4 Å². The lowest BCUT2D eigenvalue weighted by atomic mass is 10.2. The number of thioether (sulfide) groups is 1. The number of nitrogen functional groups attached to an aromatic ring is 1. The van der Waals surface area contributed by atoms with Gasteiger partial charge in [-0.05, 0) is 36.1 Å². The molecule has 0 unspecified atom stereocenters. The third-order valence-corrected chi connectivity index (χ3v) is 5.97. The number of benzene rings is 2. The lowest BCUT2D eigenvalue weighted by Gasteiger charge is -2.22. The Kier molecular flexibility index (Phi) is 5.26. The Morgan fingerprint density at radius 3 is 2.55 bits per heavy atom. The van der Waals surface area contributed by atoms with Gasteiger partial charge < -0.3 is 5.73 Å². The molecule has 0 saturated carbocycles. The molecule has 0 atom stereocenters. The van der Waals surface area contributed by atoms with Crippen molar-refractivity contribution in [2.45, 2.75) is 10.6 Å². The van der Waals surface area contributed by atoms with Gasteiger partial charge in [0.2, 0.25) is 0 Å². The number of hydrogen-bond acceptors (Lipinski definition) is 4. The number of para-hydroxylation sites is 1. The van der Waals surface area contributed by atoms with E-state index in [2.05, 4.69) is 0 Å². The molecule has 0 spiro atoms. The molecule has 0 fully saturated rings. The highest BCUT2D eigenvalue weighted by atomic mass is 35.5. The molecule has 0 aliphatic heterocycles. The molecule has 0 heterocycles. The minimum absolute atomic E-state index is 0.121. The minimum atomic E-state index is -3.69. The van der Waals surface area contributed by atoms with Crippen molar-refractivity contribution in [3.63, 3.8) is 0 Å². The quantitative estimate of drug-likeness (QED) is 0.831. The molecule has 118 valence electrons. The maximum absolute atomic E-state index is 12.8. The summed E-state index contributed by atoms with van der Waals surface area (Å²) in [5.41, 5.74) is 7.58. The predicted octanol–water partition coefficient (Wildman–Crippen LogP) is 3.61. The Balaban J connectivity index is 2.47. The van der Waals surface area contributed by atoms with Crippen molar-refractivity contribution in [1.29, 1.82) is 0 Å². The van der Waals surface area contributed by atoms with Crippen molar-refractivity contribution in [3.05, 3.63) is 53.1 Å².